The Morgan fingerprint density at radius 3 is 2.72 bits per heavy atom. The number of hydrogen-bond donors (Lipinski definition) is 1. The molecule has 0 atom stereocenters. The monoisotopic (exact) mass is 244 g/mol. The van der Waals surface area contributed by atoms with Crippen molar-refractivity contribution >= 4 is 10.9 Å². The van der Waals surface area contributed by atoms with Gasteiger partial charge in [0.25, 0.3) is 0 Å². The minimum atomic E-state index is 0.983. The number of rotatable bonds is 7. The fourth-order valence-electron chi connectivity index (χ4n) is 2.45. The van der Waals surface area contributed by atoms with Crippen LogP contribution in [0.4, 0.5) is 0 Å². The second kappa shape index (κ2) is 6.60. The molecule has 18 heavy (non-hydrogen) atoms. The molecule has 0 saturated carbocycles. The van der Waals surface area contributed by atoms with Crippen molar-refractivity contribution in [2.75, 3.05) is 6.54 Å². The maximum Gasteiger partial charge on any atom is 0.0483 e. The zero-order valence-electron chi connectivity index (χ0n) is 11.6. The van der Waals surface area contributed by atoms with Gasteiger partial charge in [-0.1, -0.05) is 38.0 Å². The Morgan fingerprint density at radius 2 is 1.94 bits per heavy atom. The highest BCUT2D eigenvalue weighted by atomic mass is 15.0. The van der Waals surface area contributed by atoms with Crippen molar-refractivity contribution in [3.63, 3.8) is 0 Å². The van der Waals surface area contributed by atoms with Gasteiger partial charge in [0, 0.05) is 30.2 Å². The van der Waals surface area contributed by atoms with Crippen LogP contribution in [0.2, 0.25) is 0 Å². The largest absolute Gasteiger partial charge is 0.347 e. The van der Waals surface area contributed by atoms with Crippen LogP contribution < -0.4 is 5.32 Å². The molecular weight excluding hydrogens is 220 g/mol. The van der Waals surface area contributed by atoms with Gasteiger partial charge in [0.1, 0.15) is 0 Å². The Morgan fingerprint density at radius 1 is 1.11 bits per heavy atom. The third-order valence-electron chi connectivity index (χ3n) is 3.48. The van der Waals surface area contributed by atoms with E-state index in [-0.39, 0.29) is 0 Å². The molecule has 2 rings (SSSR count). The van der Waals surface area contributed by atoms with Crippen molar-refractivity contribution in [1.29, 1.82) is 0 Å². The summed E-state index contributed by atoms with van der Waals surface area (Å²) in [4.78, 5) is 0. The molecule has 1 heterocycles. The van der Waals surface area contributed by atoms with Gasteiger partial charge in [-0.15, -0.1) is 0 Å². The van der Waals surface area contributed by atoms with Crippen LogP contribution in [0.25, 0.3) is 10.9 Å². The Balaban J connectivity index is 2.04. The number of nitrogens with zero attached hydrogens (tertiary/aromatic N) is 1. The van der Waals surface area contributed by atoms with Crippen molar-refractivity contribution in [2.24, 2.45) is 0 Å². The third-order valence-corrected chi connectivity index (χ3v) is 3.48. The van der Waals surface area contributed by atoms with Crippen LogP contribution in [-0.4, -0.2) is 11.1 Å². The molecule has 1 aromatic heterocycles. The second-order valence-electron chi connectivity index (χ2n) is 4.84. The first-order valence-electron chi connectivity index (χ1n) is 7.14. The van der Waals surface area contributed by atoms with Gasteiger partial charge < -0.3 is 9.88 Å². The molecule has 98 valence electrons. The summed E-state index contributed by atoms with van der Waals surface area (Å²) in [5, 5.41) is 4.94. The summed E-state index contributed by atoms with van der Waals surface area (Å²) >= 11 is 0. The molecule has 0 amide bonds. The van der Waals surface area contributed by atoms with E-state index < -0.39 is 0 Å². The Labute approximate surface area is 110 Å². The minimum absolute atomic E-state index is 0.983. The summed E-state index contributed by atoms with van der Waals surface area (Å²) in [7, 11) is 0. The van der Waals surface area contributed by atoms with Crippen molar-refractivity contribution in [3.8, 4) is 0 Å². The molecule has 0 radical (unpaired) electrons. The lowest BCUT2D eigenvalue weighted by molar-refractivity contribution is 0.617. The summed E-state index contributed by atoms with van der Waals surface area (Å²) in [6, 6.07) is 8.68. The van der Waals surface area contributed by atoms with E-state index in [2.05, 4.69) is 54.2 Å². The third kappa shape index (κ3) is 2.94. The van der Waals surface area contributed by atoms with Crippen LogP contribution >= 0.6 is 0 Å². The number of aryl methyl sites for hydroxylation is 1. The summed E-state index contributed by atoms with van der Waals surface area (Å²) in [6.07, 6.45) is 6.18. The summed E-state index contributed by atoms with van der Waals surface area (Å²) < 4.78 is 2.33. The van der Waals surface area contributed by atoms with E-state index in [1.54, 1.807) is 0 Å². The molecule has 0 spiro atoms. The molecule has 1 aromatic carbocycles. The van der Waals surface area contributed by atoms with Gasteiger partial charge in [-0.05, 0) is 31.5 Å². The SMILES string of the molecule is CCCCCNCc1cn(CC)c2ccccc12. The van der Waals surface area contributed by atoms with E-state index in [0.29, 0.717) is 0 Å². The lowest BCUT2D eigenvalue weighted by Crippen LogP contribution is -2.14. The van der Waals surface area contributed by atoms with Crippen LogP contribution in [0.1, 0.15) is 38.7 Å². The maximum atomic E-state index is 3.55. The lowest BCUT2D eigenvalue weighted by Gasteiger charge is -2.02. The van der Waals surface area contributed by atoms with Gasteiger partial charge in [-0.2, -0.15) is 0 Å². The molecule has 2 nitrogen and oxygen atoms in total. The number of fused-ring (bicyclic) bond motifs is 1. The molecule has 0 bridgehead atoms. The van der Waals surface area contributed by atoms with E-state index in [0.717, 1.165) is 19.6 Å². The molecule has 2 heteroatoms. The highest BCUT2D eigenvalue weighted by molar-refractivity contribution is 5.83. The average molecular weight is 244 g/mol. The molecule has 0 fully saturated rings. The fraction of sp³-hybridized carbons (Fsp3) is 0.500. The van der Waals surface area contributed by atoms with E-state index in [4.69, 9.17) is 0 Å². The van der Waals surface area contributed by atoms with E-state index in [1.165, 1.54) is 35.7 Å². The van der Waals surface area contributed by atoms with Crippen molar-refractivity contribution in [1.82, 2.24) is 9.88 Å². The molecule has 0 aliphatic carbocycles. The number of benzene rings is 1. The number of aromatic nitrogens is 1. The normalized spacial score (nSPS) is 11.2. The van der Waals surface area contributed by atoms with Gasteiger partial charge >= 0.3 is 0 Å². The van der Waals surface area contributed by atoms with Crippen molar-refractivity contribution in [3.05, 3.63) is 36.0 Å². The van der Waals surface area contributed by atoms with Gasteiger partial charge in [0.15, 0.2) is 0 Å². The highest BCUT2D eigenvalue weighted by Gasteiger charge is 2.05. The van der Waals surface area contributed by atoms with Crippen LogP contribution in [0, 0.1) is 0 Å². The summed E-state index contributed by atoms with van der Waals surface area (Å²) in [6.45, 7) is 7.59. The summed E-state index contributed by atoms with van der Waals surface area (Å²) in [5.41, 5.74) is 2.77. The maximum absolute atomic E-state index is 3.55. The molecule has 0 aliphatic heterocycles. The first kappa shape index (κ1) is 13.2. The quantitative estimate of drug-likeness (QED) is 0.730. The first-order chi connectivity index (χ1) is 8.86. The van der Waals surface area contributed by atoms with E-state index >= 15 is 0 Å². The van der Waals surface area contributed by atoms with Crippen LogP contribution in [0.15, 0.2) is 30.5 Å². The highest BCUT2D eigenvalue weighted by Crippen LogP contribution is 2.21. The topological polar surface area (TPSA) is 17.0 Å². The van der Waals surface area contributed by atoms with Crippen LogP contribution in [0.5, 0.6) is 0 Å². The number of hydrogen-bond acceptors (Lipinski definition) is 1. The van der Waals surface area contributed by atoms with Gasteiger partial charge in [-0.3, -0.25) is 0 Å². The smallest absolute Gasteiger partial charge is 0.0483 e. The van der Waals surface area contributed by atoms with Crippen molar-refractivity contribution in [2.45, 2.75) is 46.2 Å². The number of unbranched alkanes of at least 4 members (excludes halogenated alkanes) is 2. The van der Waals surface area contributed by atoms with E-state index in [9.17, 15) is 0 Å². The second-order valence-corrected chi connectivity index (χ2v) is 4.84. The van der Waals surface area contributed by atoms with Crippen LogP contribution in [0.3, 0.4) is 0 Å². The van der Waals surface area contributed by atoms with Crippen molar-refractivity contribution < 1.29 is 0 Å². The Kier molecular flexibility index (Phi) is 4.82. The van der Waals surface area contributed by atoms with Gasteiger partial charge in [0.2, 0.25) is 0 Å². The van der Waals surface area contributed by atoms with Gasteiger partial charge in [0.05, 0.1) is 0 Å². The Hall–Kier alpha value is -1.28. The average Bonchev–Trinajstić information content (AvgIpc) is 2.77. The minimum Gasteiger partial charge on any atom is -0.347 e. The zero-order chi connectivity index (χ0) is 12.8. The predicted molar refractivity (Wildman–Crippen MR) is 78.8 cm³/mol. The Bertz CT molecular complexity index is 485. The standard InChI is InChI=1S/C16H24N2/c1-3-5-8-11-17-12-14-13-18(4-2)16-10-7-6-9-15(14)16/h6-7,9-10,13,17H,3-5,8,11-12H2,1-2H3. The first-order valence-corrected chi connectivity index (χ1v) is 7.14. The summed E-state index contributed by atoms with van der Waals surface area (Å²) in [5.74, 6) is 0. The van der Waals surface area contributed by atoms with E-state index in [1.807, 2.05) is 0 Å². The van der Waals surface area contributed by atoms with Crippen LogP contribution in [-0.2, 0) is 13.1 Å². The predicted octanol–water partition coefficient (Wildman–Crippen LogP) is 3.94. The number of nitrogens with one attached hydrogen (secondary N) is 1. The number of para-hydroxylation sites is 1. The fourth-order valence-corrected chi connectivity index (χ4v) is 2.45. The molecule has 0 aliphatic rings. The molecule has 0 saturated heterocycles. The lowest BCUT2D eigenvalue weighted by atomic mass is 10.2. The molecule has 0 unspecified atom stereocenters. The van der Waals surface area contributed by atoms with Gasteiger partial charge in [-0.25, -0.2) is 0 Å². The molecule has 1 N–H and O–H groups in total. The zero-order valence-corrected chi connectivity index (χ0v) is 11.6. The molecule has 2 aromatic rings. The molecular formula is C16H24N2.